The van der Waals surface area contributed by atoms with E-state index in [2.05, 4.69) is 0 Å². The number of ether oxygens (including phenoxy) is 1. The molecule has 4 aromatic carbocycles. The largest absolute Gasteiger partial charge is 0.507 e. The van der Waals surface area contributed by atoms with E-state index >= 15 is 0 Å². The molecule has 2 heterocycles. The fourth-order valence-corrected chi connectivity index (χ4v) is 6.48. The van der Waals surface area contributed by atoms with Crippen molar-refractivity contribution in [3.8, 4) is 11.5 Å². The van der Waals surface area contributed by atoms with Crippen molar-refractivity contribution in [1.82, 2.24) is 4.98 Å². The molecule has 1 unspecified atom stereocenters. The maximum Gasteiger partial charge on any atom is 0.301 e. The Bertz CT molecular complexity index is 1870. The Morgan fingerprint density at radius 3 is 2.37 bits per heavy atom. The molecule has 204 valence electrons. The van der Waals surface area contributed by atoms with Gasteiger partial charge in [-0.3, -0.25) is 14.5 Å². The smallest absolute Gasteiger partial charge is 0.301 e. The van der Waals surface area contributed by atoms with Gasteiger partial charge in [0, 0.05) is 5.56 Å². The number of aromatic nitrogens is 1. The third-order valence-electron chi connectivity index (χ3n) is 7.27. The summed E-state index contributed by atoms with van der Waals surface area (Å²) in [7, 11) is 0. The molecule has 6 nitrogen and oxygen atoms in total. The van der Waals surface area contributed by atoms with Crippen molar-refractivity contribution in [1.29, 1.82) is 0 Å². The zero-order valence-corrected chi connectivity index (χ0v) is 24.0. The lowest BCUT2D eigenvalue weighted by molar-refractivity contribution is -0.132. The molecule has 1 atom stereocenters. The third-order valence-corrected chi connectivity index (χ3v) is 8.27. The first-order chi connectivity index (χ1) is 19.7. The summed E-state index contributed by atoms with van der Waals surface area (Å²) >= 11 is 1.36. The van der Waals surface area contributed by atoms with Crippen LogP contribution >= 0.6 is 11.3 Å². The number of hydrogen-bond donors (Lipinski definition) is 1. The second-order valence-electron chi connectivity index (χ2n) is 10.4. The first-order valence-electron chi connectivity index (χ1n) is 13.3. The number of carbonyl (C=O) groups is 2. The van der Waals surface area contributed by atoms with Crippen LogP contribution in [0.1, 0.15) is 39.4 Å². The molecule has 0 saturated carbocycles. The molecule has 7 heteroatoms. The van der Waals surface area contributed by atoms with Gasteiger partial charge in [-0.05, 0) is 86.3 Å². The molecule has 1 fully saturated rings. The molecule has 1 saturated heterocycles. The number of fused-ring (bicyclic) bond motifs is 1. The number of benzene rings is 4. The Hall–Kier alpha value is -4.75. The van der Waals surface area contributed by atoms with E-state index in [1.165, 1.54) is 16.2 Å². The fraction of sp³-hybridized carbons (Fsp3) is 0.147. The van der Waals surface area contributed by atoms with Gasteiger partial charge in [0.1, 0.15) is 17.3 Å². The van der Waals surface area contributed by atoms with Crippen LogP contribution in [-0.2, 0) is 9.59 Å². The minimum absolute atomic E-state index is 0.0210. The normalized spacial score (nSPS) is 16.5. The predicted octanol–water partition coefficient (Wildman–Crippen LogP) is 7.95. The quantitative estimate of drug-likeness (QED) is 0.134. The van der Waals surface area contributed by atoms with Crippen LogP contribution in [0.5, 0.6) is 11.5 Å². The van der Waals surface area contributed by atoms with Crippen molar-refractivity contribution < 1.29 is 19.4 Å². The predicted molar refractivity (Wildman–Crippen MR) is 163 cm³/mol. The average Bonchev–Trinajstić information content (AvgIpc) is 3.49. The molecule has 1 aliphatic heterocycles. The Balaban J connectivity index is 1.56. The minimum atomic E-state index is -0.906. The summed E-state index contributed by atoms with van der Waals surface area (Å²) in [5.74, 6) is -0.493. The average molecular weight is 561 g/mol. The van der Waals surface area contributed by atoms with E-state index in [0.717, 1.165) is 32.5 Å². The Morgan fingerprint density at radius 2 is 1.59 bits per heavy atom. The Morgan fingerprint density at radius 1 is 0.829 bits per heavy atom. The van der Waals surface area contributed by atoms with Gasteiger partial charge in [-0.1, -0.05) is 65.4 Å². The number of hydrogen-bond acceptors (Lipinski definition) is 6. The lowest BCUT2D eigenvalue weighted by atomic mass is 9.93. The zero-order valence-electron chi connectivity index (χ0n) is 23.1. The van der Waals surface area contributed by atoms with E-state index in [1.807, 2.05) is 107 Å². The van der Waals surface area contributed by atoms with E-state index in [9.17, 15) is 14.7 Å². The van der Waals surface area contributed by atoms with Crippen molar-refractivity contribution in [3.05, 3.63) is 124 Å². The Kier molecular flexibility index (Phi) is 6.67. The highest BCUT2D eigenvalue weighted by molar-refractivity contribution is 7.22. The van der Waals surface area contributed by atoms with Crippen LogP contribution in [0.2, 0.25) is 0 Å². The first kappa shape index (κ1) is 26.5. The highest BCUT2D eigenvalue weighted by atomic mass is 32.1. The third kappa shape index (κ3) is 4.78. The molecule has 0 radical (unpaired) electrons. The lowest BCUT2D eigenvalue weighted by Gasteiger charge is -2.23. The summed E-state index contributed by atoms with van der Waals surface area (Å²) in [6.45, 7) is 7.78. The van der Waals surface area contributed by atoms with Gasteiger partial charge >= 0.3 is 5.91 Å². The molecule has 1 N–H and O–H groups in total. The molecular formula is C34H28N2O4S. The van der Waals surface area contributed by atoms with E-state index in [1.54, 1.807) is 6.07 Å². The van der Waals surface area contributed by atoms with Gasteiger partial charge in [0.2, 0.25) is 0 Å². The summed E-state index contributed by atoms with van der Waals surface area (Å²) in [5.41, 5.74) is 5.74. The van der Waals surface area contributed by atoms with Crippen molar-refractivity contribution in [2.75, 3.05) is 4.90 Å². The number of amides is 1. The number of thiazole rings is 1. The molecular weight excluding hydrogens is 532 g/mol. The molecule has 0 spiro atoms. The van der Waals surface area contributed by atoms with Gasteiger partial charge in [-0.25, -0.2) is 4.98 Å². The van der Waals surface area contributed by atoms with E-state index in [0.29, 0.717) is 27.8 Å². The van der Waals surface area contributed by atoms with Gasteiger partial charge in [0.15, 0.2) is 5.13 Å². The van der Waals surface area contributed by atoms with E-state index in [-0.39, 0.29) is 11.3 Å². The van der Waals surface area contributed by atoms with Crippen LogP contribution in [-0.4, -0.2) is 21.8 Å². The number of para-hydroxylation sites is 1. The highest BCUT2D eigenvalue weighted by Crippen LogP contribution is 2.45. The molecule has 6 rings (SSSR count). The maximum absolute atomic E-state index is 13.8. The standard InChI is InChI=1S/C34H28N2O4S/c1-19-13-14-21(3)26(16-19)31(37)28-30(23-9-8-12-25(18-23)40-24-10-6-5-7-11-24)36(33(39)32(28)38)34-35-29-22(4)15-20(2)17-27(29)41-34/h5-18,30,37H,1-4H3/b31-28+. The number of aliphatic hydroxyl groups is 1. The molecule has 1 aliphatic rings. The van der Waals surface area contributed by atoms with Crippen molar-refractivity contribution >= 4 is 44.1 Å². The highest BCUT2D eigenvalue weighted by Gasteiger charge is 2.48. The van der Waals surface area contributed by atoms with Crippen molar-refractivity contribution in [2.24, 2.45) is 0 Å². The molecule has 1 aromatic heterocycles. The van der Waals surface area contributed by atoms with Gasteiger partial charge in [-0.15, -0.1) is 0 Å². The zero-order chi connectivity index (χ0) is 28.8. The topological polar surface area (TPSA) is 79.7 Å². The van der Waals surface area contributed by atoms with Gasteiger partial charge in [-0.2, -0.15) is 0 Å². The second kappa shape index (κ2) is 10.3. The first-order valence-corrected chi connectivity index (χ1v) is 14.1. The van der Waals surface area contributed by atoms with Crippen LogP contribution in [0.4, 0.5) is 5.13 Å². The number of ketones is 1. The SMILES string of the molecule is Cc1ccc(C)c(/C(O)=C2\C(=O)C(=O)N(c3nc4c(C)cc(C)cc4s3)C2c2cccc(Oc3ccccc3)c2)c1. The maximum atomic E-state index is 13.8. The summed E-state index contributed by atoms with van der Waals surface area (Å²) in [6.07, 6.45) is 0. The number of carbonyl (C=O) groups excluding carboxylic acids is 2. The number of nitrogens with zero attached hydrogens (tertiary/aromatic N) is 2. The second-order valence-corrected chi connectivity index (χ2v) is 11.4. The number of anilines is 1. The fourth-order valence-electron chi connectivity index (χ4n) is 5.32. The molecule has 5 aromatic rings. The minimum Gasteiger partial charge on any atom is -0.507 e. The van der Waals surface area contributed by atoms with Gasteiger partial charge in [0.05, 0.1) is 21.8 Å². The molecule has 0 bridgehead atoms. The van der Waals surface area contributed by atoms with Crippen LogP contribution in [0.15, 0.2) is 90.5 Å². The summed E-state index contributed by atoms with van der Waals surface area (Å²) in [5, 5.41) is 12.1. The van der Waals surface area contributed by atoms with Crippen molar-refractivity contribution in [3.63, 3.8) is 0 Å². The summed E-state index contributed by atoms with van der Waals surface area (Å²) < 4.78 is 7.01. The van der Waals surface area contributed by atoms with Crippen molar-refractivity contribution in [2.45, 2.75) is 33.7 Å². The summed E-state index contributed by atoms with van der Waals surface area (Å²) in [4.78, 5) is 33.7. The molecule has 0 aliphatic carbocycles. The Labute approximate surface area is 242 Å². The monoisotopic (exact) mass is 560 g/mol. The number of Topliss-reactive ketones (excluding diaryl/α,β-unsaturated/α-hetero) is 1. The van der Waals surface area contributed by atoms with Crippen LogP contribution in [0.25, 0.3) is 16.0 Å². The van der Waals surface area contributed by atoms with E-state index < -0.39 is 17.7 Å². The van der Waals surface area contributed by atoms with Gasteiger partial charge in [0.25, 0.3) is 5.78 Å². The number of rotatable bonds is 5. The van der Waals surface area contributed by atoms with E-state index in [4.69, 9.17) is 9.72 Å². The molecule has 1 amide bonds. The van der Waals surface area contributed by atoms with Gasteiger partial charge < -0.3 is 9.84 Å². The van der Waals surface area contributed by atoms with Crippen LogP contribution in [0, 0.1) is 27.7 Å². The van der Waals surface area contributed by atoms with Crippen LogP contribution < -0.4 is 9.64 Å². The molecule has 41 heavy (non-hydrogen) atoms. The lowest BCUT2D eigenvalue weighted by Crippen LogP contribution is -2.29. The number of aryl methyl sites for hydroxylation is 4. The summed E-state index contributed by atoms with van der Waals surface area (Å²) in [6, 6.07) is 25.5. The number of aliphatic hydroxyl groups excluding tert-OH is 1. The van der Waals surface area contributed by atoms with Crippen LogP contribution in [0.3, 0.4) is 0 Å².